The van der Waals surface area contributed by atoms with E-state index >= 15 is 0 Å². The van der Waals surface area contributed by atoms with Crippen LogP contribution < -0.4 is 15.4 Å². The summed E-state index contributed by atoms with van der Waals surface area (Å²) in [5, 5.41) is 15.2. The predicted octanol–water partition coefficient (Wildman–Crippen LogP) is 4.33. The zero-order valence-electron chi connectivity index (χ0n) is 19.5. The molecule has 1 atom stereocenters. The molecular weight excluding hydrogens is 450 g/mol. The molecule has 3 rings (SSSR count). The number of thioether (sulfide) groups is 1. The highest BCUT2D eigenvalue weighted by molar-refractivity contribution is 7.99. The van der Waals surface area contributed by atoms with Crippen molar-refractivity contribution in [3.05, 3.63) is 78.6 Å². The van der Waals surface area contributed by atoms with Crippen LogP contribution in [0.25, 0.3) is 0 Å². The molecule has 0 saturated heterocycles. The number of methoxy groups -OCH3 is 1. The molecule has 0 unspecified atom stereocenters. The van der Waals surface area contributed by atoms with E-state index in [-0.39, 0.29) is 29.5 Å². The molecule has 1 heterocycles. The smallest absolute Gasteiger partial charge is 0.251 e. The van der Waals surface area contributed by atoms with E-state index < -0.39 is 0 Å². The number of para-hydroxylation sites is 1. The minimum atomic E-state index is -0.380. The molecule has 3 aromatic rings. The van der Waals surface area contributed by atoms with E-state index in [0.717, 1.165) is 5.69 Å². The Hall–Kier alpha value is -3.59. The number of allylic oxidation sites excluding steroid dienone is 1. The summed E-state index contributed by atoms with van der Waals surface area (Å²) in [6, 6.07) is 15.8. The number of nitrogens with zero attached hydrogens (tertiary/aromatic N) is 3. The molecule has 1 aromatic heterocycles. The van der Waals surface area contributed by atoms with Gasteiger partial charge in [0.1, 0.15) is 5.75 Å². The van der Waals surface area contributed by atoms with Gasteiger partial charge in [0.25, 0.3) is 5.91 Å². The van der Waals surface area contributed by atoms with Gasteiger partial charge >= 0.3 is 0 Å². The number of hydrogen-bond acceptors (Lipinski definition) is 6. The molecule has 0 saturated carbocycles. The minimum absolute atomic E-state index is 0.0502. The van der Waals surface area contributed by atoms with Crippen molar-refractivity contribution >= 4 is 29.3 Å². The molecular formula is C25H29N5O3S. The lowest BCUT2D eigenvalue weighted by atomic mass is 10.0. The number of benzene rings is 2. The van der Waals surface area contributed by atoms with E-state index in [1.54, 1.807) is 37.5 Å². The molecule has 0 spiro atoms. The first-order chi connectivity index (χ1) is 16.4. The summed E-state index contributed by atoms with van der Waals surface area (Å²) in [6.07, 6.45) is 1.74. The molecule has 0 fully saturated rings. The first-order valence-corrected chi connectivity index (χ1v) is 11.9. The van der Waals surface area contributed by atoms with Crippen molar-refractivity contribution in [2.75, 3.05) is 18.2 Å². The second kappa shape index (κ2) is 12.0. The Bertz CT molecular complexity index is 1110. The molecule has 0 aliphatic heterocycles. The monoisotopic (exact) mass is 479 g/mol. The lowest BCUT2D eigenvalue weighted by Crippen LogP contribution is -2.33. The number of carbonyl (C=O) groups excluding carboxylic acids is 2. The largest absolute Gasteiger partial charge is 0.497 e. The van der Waals surface area contributed by atoms with Crippen LogP contribution in [-0.4, -0.2) is 39.4 Å². The Kier molecular flexibility index (Phi) is 8.86. The van der Waals surface area contributed by atoms with Gasteiger partial charge in [-0.15, -0.1) is 16.8 Å². The Balaban J connectivity index is 1.74. The number of anilines is 1. The summed E-state index contributed by atoms with van der Waals surface area (Å²) in [5.41, 5.74) is 1.26. The van der Waals surface area contributed by atoms with E-state index in [2.05, 4.69) is 27.4 Å². The molecule has 9 heteroatoms. The highest BCUT2D eigenvalue weighted by Gasteiger charge is 2.26. The van der Waals surface area contributed by atoms with Crippen molar-refractivity contribution in [3.8, 4) is 5.75 Å². The van der Waals surface area contributed by atoms with E-state index in [1.165, 1.54) is 11.8 Å². The molecule has 2 N–H and O–H groups in total. The second-order valence-electron chi connectivity index (χ2n) is 7.87. The zero-order valence-corrected chi connectivity index (χ0v) is 20.3. The molecule has 2 amide bonds. The average Bonchev–Trinajstić information content (AvgIpc) is 3.24. The fourth-order valence-corrected chi connectivity index (χ4v) is 4.04. The zero-order chi connectivity index (χ0) is 24.5. The number of ether oxygens (including phenoxy) is 1. The number of nitrogens with one attached hydrogen (secondary N) is 2. The lowest BCUT2D eigenvalue weighted by molar-refractivity contribution is -0.113. The van der Waals surface area contributed by atoms with Gasteiger partial charge in [-0.1, -0.05) is 49.9 Å². The molecule has 34 heavy (non-hydrogen) atoms. The predicted molar refractivity (Wildman–Crippen MR) is 134 cm³/mol. The molecule has 8 nitrogen and oxygen atoms in total. The molecule has 0 aliphatic carbocycles. The highest BCUT2D eigenvalue weighted by Crippen LogP contribution is 2.26. The number of amides is 2. The van der Waals surface area contributed by atoms with Gasteiger partial charge in [0.2, 0.25) is 5.91 Å². The summed E-state index contributed by atoms with van der Waals surface area (Å²) in [7, 11) is 1.58. The normalized spacial score (nSPS) is 11.6. The summed E-state index contributed by atoms with van der Waals surface area (Å²) in [4.78, 5) is 25.3. The Morgan fingerprint density at radius 3 is 2.44 bits per heavy atom. The fourth-order valence-electron chi connectivity index (χ4n) is 3.28. The van der Waals surface area contributed by atoms with E-state index in [9.17, 15) is 9.59 Å². The highest BCUT2D eigenvalue weighted by atomic mass is 32.2. The van der Waals surface area contributed by atoms with Crippen LogP contribution in [0.3, 0.4) is 0 Å². The summed E-state index contributed by atoms with van der Waals surface area (Å²) in [5.74, 6) is 1.16. The van der Waals surface area contributed by atoms with Crippen molar-refractivity contribution in [1.29, 1.82) is 0 Å². The van der Waals surface area contributed by atoms with Crippen molar-refractivity contribution in [2.45, 2.75) is 31.6 Å². The van der Waals surface area contributed by atoms with Crippen molar-refractivity contribution in [1.82, 2.24) is 20.1 Å². The van der Waals surface area contributed by atoms with Crippen LogP contribution in [0.5, 0.6) is 5.75 Å². The third-order valence-electron chi connectivity index (χ3n) is 5.03. The molecule has 2 aromatic carbocycles. The van der Waals surface area contributed by atoms with Crippen LogP contribution in [0.15, 0.2) is 72.4 Å². The summed E-state index contributed by atoms with van der Waals surface area (Å²) in [6.45, 7) is 8.30. The second-order valence-corrected chi connectivity index (χ2v) is 8.81. The maximum absolute atomic E-state index is 12.9. The molecule has 178 valence electrons. The maximum atomic E-state index is 12.9. The maximum Gasteiger partial charge on any atom is 0.251 e. The molecule has 0 aliphatic rings. The van der Waals surface area contributed by atoms with Crippen LogP contribution in [0.2, 0.25) is 0 Å². The van der Waals surface area contributed by atoms with Gasteiger partial charge in [-0.05, 0) is 42.3 Å². The average molecular weight is 480 g/mol. The van der Waals surface area contributed by atoms with Gasteiger partial charge in [0.15, 0.2) is 11.0 Å². The molecule has 0 radical (unpaired) electrons. The summed E-state index contributed by atoms with van der Waals surface area (Å²) < 4.78 is 7.04. The van der Waals surface area contributed by atoms with Crippen LogP contribution in [-0.2, 0) is 11.3 Å². The first kappa shape index (κ1) is 25.0. The van der Waals surface area contributed by atoms with Gasteiger partial charge < -0.3 is 19.9 Å². The number of rotatable bonds is 11. The lowest BCUT2D eigenvalue weighted by Gasteiger charge is -2.22. The number of hydrogen-bond donors (Lipinski definition) is 2. The van der Waals surface area contributed by atoms with Crippen LogP contribution in [0.4, 0.5) is 5.69 Å². The Morgan fingerprint density at radius 1 is 1.12 bits per heavy atom. The fraction of sp³-hybridized carbons (Fsp3) is 0.280. The van der Waals surface area contributed by atoms with Crippen LogP contribution >= 0.6 is 11.8 Å². The van der Waals surface area contributed by atoms with E-state index in [4.69, 9.17) is 4.74 Å². The standard InChI is InChI=1S/C25H29N5O3S/c1-5-15-30-23(22(17(2)3)27-24(32)18-11-13-20(33-4)14-12-18)28-29-25(30)34-16-21(31)26-19-9-7-6-8-10-19/h5-14,17,22H,1,15-16H2,2-4H3,(H,26,31)(H,27,32)/t22-/m0/s1. The quantitative estimate of drug-likeness (QED) is 0.314. The minimum Gasteiger partial charge on any atom is -0.497 e. The van der Waals surface area contributed by atoms with E-state index in [0.29, 0.717) is 28.8 Å². The van der Waals surface area contributed by atoms with Gasteiger partial charge in [-0.25, -0.2) is 0 Å². The van der Waals surface area contributed by atoms with Crippen molar-refractivity contribution < 1.29 is 14.3 Å². The van der Waals surface area contributed by atoms with Gasteiger partial charge in [0.05, 0.1) is 18.9 Å². The van der Waals surface area contributed by atoms with E-state index in [1.807, 2.05) is 48.7 Å². The van der Waals surface area contributed by atoms with Gasteiger partial charge in [-0.3, -0.25) is 9.59 Å². The number of aromatic nitrogens is 3. The van der Waals surface area contributed by atoms with Crippen molar-refractivity contribution in [3.63, 3.8) is 0 Å². The van der Waals surface area contributed by atoms with Gasteiger partial charge in [0, 0.05) is 17.8 Å². The summed E-state index contributed by atoms with van der Waals surface area (Å²) >= 11 is 1.29. The number of carbonyl (C=O) groups is 2. The van der Waals surface area contributed by atoms with Gasteiger partial charge in [-0.2, -0.15) is 0 Å². The van der Waals surface area contributed by atoms with Crippen molar-refractivity contribution in [2.24, 2.45) is 5.92 Å². The SMILES string of the molecule is C=CCn1c(SCC(=O)Nc2ccccc2)nnc1[C@@H](NC(=O)c1ccc(OC)cc1)C(C)C. The first-order valence-electron chi connectivity index (χ1n) is 10.9. The van der Waals surface area contributed by atoms with Crippen LogP contribution in [0, 0.1) is 5.92 Å². The third-order valence-corrected chi connectivity index (χ3v) is 6.00. The topological polar surface area (TPSA) is 98.1 Å². The van der Waals surface area contributed by atoms with Crippen LogP contribution in [0.1, 0.15) is 36.1 Å². The molecule has 0 bridgehead atoms. The Labute approximate surface area is 203 Å². The Morgan fingerprint density at radius 2 is 1.82 bits per heavy atom. The third kappa shape index (κ3) is 6.48.